The molecule has 21 heavy (non-hydrogen) atoms. The number of hydrogen-bond acceptors (Lipinski definition) is 7. The van der Waals surface area contributed by atoms with Gasteiger partial charge in [-0.05, 0) is 24.6 Å². The summed E-state index contributed by atoms with van der Waals surface area (Å²) in [5.74, 6) is -1.93. The van der Waals surface area contributed by atoms with Gasteiger partial charge in [0.15, 0.2) is 0 Å². The zero-order valence-corrected chi connectivity index (χ0v) is 12.4. The lowest BCUT2D eigenvalue weighted by Gasteiger charge is -2.06. The van der Waals surface area contributed by atoms with Gasteiger partial charge in [-0.25, -0.2) is 13.2 Å². The van der Waals surface area contributed by atoms with E-state index in [0.717, 1.165) is 29.5 Å². The van der Waals surface area contributed by atoms with Crippen molar-refractivity contribution in [3.63, 3.8) is 0 Å². The van der Waals surface area contributed by atoms with Crippen LogP contribution in [0.3, 0.4) is 0 Å². The highest BCUT2D eigenvalue weighted by Crippen LogP contribution is 2.24. The second-order valence-electron chi connectivity index (χ2n) is 3.94. The molecule has 0 bridgehead atoms. The van der Waals surface area contributed by atoms with Crippen LogP contribution in [0.2, 0.25) is 0 Å². The molecule has 0 fully saturated rings. The number of carbonyl (C=O) groups is 1. The van der Waals surface area contributed by atoms with E-state index in [2.05, 4.69) is 14.9 Å². The molecule has 0 unspecified atom stereocenters. The van der Waals surface area contributed by atoms with E-state index in [1.54, 1.807) is 0 Å². The van der Waals surface area contributed by atoms with Crippen LogP contribution in [-0.2, 0) is 16.4 Å². The van der Waals surface area contributed by atoms with Gasteiger partial charge < -0.3 is 10.2 Å². The molecule has 0 aliphatic carbocycles. The molecular formula is C11H11N3O5S2. The number of aryl methyl sites for hydroxylation is 1. The maximum Gasteiger partial charge on any atom is 0.339 e. The maximum atomic E-state index is 12.1. The topological polar surface area (TPSA) is 129 Å². The number of carboxylic acid groups (broad SMARTS) is 1. The standard InChI is InChI=1S/C11H11N3O5S2/c1-2-9-12-13-11(20-9)14-21(18,19)6-3-4-8(15)7(5-6)10(16)17/h3-5,15H,2H2,1H3,(H,13,14)(H,16,17). The molecule has 3 N–H and O–H groups in total. The number of sulfonamides is 1. The lowest BCUT2D eigenvalue weighted by molar-refractivity contribution is 0.0693. The van der Waals surface area contributed by atoms with Crippen LogP contribution in [0.15, 0.2) is 23.1 Å². The predicted molar refractivity (Wildman–Crippen MR) is 75.2 cm³/mol. The van der Waals surface area contributed by atoms with Crippen molar-refractivity contribution < 1.29 is 23.4 Å². The molecule has 8 nitrogen and oxygen atoms in total. The number of aromatic carboxylic acids is 1. The SMILES string of the molecule is CCc1nnc(NS(=O)(=O)c2ccc(O)c(C(=O)O)c2)s1. The number of carboxylic acids is 1. The third-order valence-corrected chi connectivity index (χ3v) is 4.95. The van der Waals surface area contributed by atoms with Crippen molar-refractivity contribution in [3.05, 3.63) is 28.8 Å². The molecular weight excluding hydrogens is 318 g/mol. The monoisotopic (exact) mass is 329 g/mol. The van der Waals surface area contributed by atoms with E-state index in [9.17, 15) is 18.3 Å². The van der Waals surface area contributed by atoms with Crippen LogP contribution in [0.1, 0.15) is 22.3 Å². The van der Waals surface area contributed by atoms with Crippen molar-refractivity contribution in [2.75, 3.05) is 4.72 Å². The van der Waals surface area contributed by atoms with Crippen LogP contribution >= 0.6 is 11.3 Å². The smallest absolute Gasteiger partial charge is 0.339 e. The van der Waals surface area contributed by atoms with E-state index in [1.807, 2.05) is 6.92 Å². The Morgan fingerprint density at radius 3 is 2.67 bits per heavy atom. The largest absolute Gasteiger partial charge is 0.507 e. The summed E-state index contributed by atoms with van der Waals surface area (Å²) in [5, 5.41) is 26.5. The van der Waals surface area contributed by atoms with Gasteiger partial charge in [0.05, 0.1) is 4.90 Å². The zero-order valence-electron chi connectivity index (χ0n) is 10.8. The van der Waals surface area contributed by atoms with Crippen molar-refractivity contribution in [1.82, 2.24) is 10.2 Å². The van der Waals surface area contributed by atoms with Crippen LogP contribution in [0.25, 0.3) is 0 Å². The quantitative estimate of drug-likeness (QED) is 0.754. The molecule has 10 heteroatoms. The highest BCUT2D eigenvalue weighted by atomic mass is 32.2. The minimum atomic E-state index is -4.00. The molecule has 0 spiro atoms. The molecule has 112 valence electrons. The number of aromatic hydroxyl groups is 1. The Hall–Kier alpha value is -2.20. The zero-order chi connectivity index (χ0) is 15.6. The van der Waals surface area contributed by atoms with Gasteiger partial charge in [-0.15, -0.1) is 10.2 Å². The van der Waals surface area contributed by atoms with E-state index in [4.69, 9.17) is 5.11 Å². The molecule has 1 aromatic heterocycles. The van der Waals surface area contributed by atoms with E-state index in [-0.39, 0.29) is 10.0 Å². The summed E-state index contributed by atoms with van der Waals surface area (Å²) in [7, 11) is -4.00. The lowest BCUT2D eigenvalue weighted by Crippen LogP contribution is -2.13. The second-order valence-corrected chi connectivity index (χ2v) is 6.69. The van der Waals surface area contributed by atoms with Crippen LogP contribution in [0.5, 0.6) is 5.75 Å². The third kappa shape index (κ3) is 3.28. The number of hydrogen-bond donors (Lipinski definition) is 3. The molecule has 1 aromatic carbocycles. The fraction of sp³-hybridized carbons (Fsp3) is 0.182. The summed E-state index contributed by atoms with van der Waals surface area (Å²) in [5.41, 5.74) is -0.496. The van der Waals surface area contributed by atoms with Crippen LogP contribution in [0.4, 0.5) is 5.13 Å². The number of aromatic nitrogens is 2. The fourth-order valence-corrected chi connectivity index (χ4v) is 3.40. The Labute approximate surface area is 124 Å². The Bertz CT molecular complexity index is 785. The minimum absolute atomic E-state index is 0.0943. The first-order valence-corrected chi connectivity index (χ1v) is 8.05. The average Bonchev–Trinajstić information content (AvgIpc) is 2.85. The summed E-state index contributed by atoms with van der Waals surface area (Å²) in [6.07, 6.45) is 0.627. The molecule has 0 saturated carbocycles. The van der Waals surface area contributed by atoms with Gasteiger partial charge in [-0.1, -0.05) is 18.3 Å². The molecule has 0 radical (unpaired) electrons. The van der Waals surface area contributed by atoms with E-state index >= 15 is 0 Å². The number of nitrogens with zero attached hydrogens (tertiary/aromatic N) is 2. The molecule has 0 aliphatic rings. The first-order chi connectivity index (χ1) is 9.83. The molecule has 0 saturated heterocycles. The van der Waals surface area contributed by atoms with Crippen molar-refractivity contribution in [1.29, 1.82) is 0 Å². The van der Waals surface area contributed by atoms with Crippen molar-refractivity contribution in [2.45, 2.75) is 18.2 Å². The molecule has 1 heterocycles. The van der Waals surface area contributed by atoms with E-state index in [0.29, 0.717) is 11.4 Å². The molecule has 0 aliphatic heterocycles. The normalized spacial score (nSPS) is 11.3. The molecule has 0 amide bonds. The summed E-state index contributed by atoms with van der Waals surface area (Å²) >= 11 is 1.09. The van der Waals surface area contributed by atoms with Gasteiger partial charge in [-0.3, -0.25) is 4.72 Å². The highest BCUT2D eigenvalue weighted by Gasteiger charge is 2.20. The fourth-order valence-electron chi connectivity index (χ4n) is 1.47. The van der Waals surface area contributed by atoms with Gasteiger partial charge in [0.1, 0.15) is 16.3 Å². The van der Waals surface area contributed by atoms with Crippen molar-refractivity contribution in [3.8, 4) is 5.75 Å². The van der Waals surface area contributed by atoms with Crippen molar-refractivity contribution in [2.24, 2.45) is 0 Å². The Morgan fingerprint density at radius 1 is 1.38 bits per heavy atom. The lowest BCUT2D eigenvalue weighted by atomic mass is 10.2. The van der Waals surface area contributed by atoms with Gasteiger partial charge in [0.25, 0.3) is 10.0 Å². The third-order valence-electron chi connectivity index (χ3n) is 2.50. The number of benzene rings is 1. The van der Waals surface area contributed by atoms with Gasteiger partial charge in [0, 0.05) is 0 Å². The number of anilines is 1. The Morgan fingerprint density at radius 2 is 2.10 bits per heavy atom. The minimum Gasteiger partial charge on any atom is -0.507 e. The molecule has 2 aromatic rings. The first-order valence-electron chi connectivity index (χ1n) is 5.75. The number of rotatable bonds is 5. The van der Waals surface area contributed by atoms with Gasteiger partial charge in [-0.2, -0.15) is 0 Å². The van der Waals surface area contributed by atoms with Gasteiger partial charge in [0.2, 0.25) is 5.13 Å². The number of nitrogens with one attached hydrogen (secondary N) is 1. The maximum absolute atomic E-state index is 12.1. The predicted octanol–water partition coefficient (Wildman–Crippen LogP) is 1.31. The summed E-state index contributed by atoms with van der Waals surface area (Å²) < 4.78 is 26.5. The van der Waals surface area contributed by atoms with Crippen LogP contribution in [-0.4, -0.2) is 34.8 Å². The highest BCUT2D eigenvalue weighted by molar-refractivity contribution is 7.93. The van der Waals surface area contributed by atoms with E-state index in [1.165, 1.54) is 0 Å². The summed E-state index contributed by atoms with van der Waals surface area (Å²) in [6.45, 7) is 1.86. The van der Waals surface area contributed by atoms with Crippen LogP contribution < -0.4 is 4.72 Å². The first kappa shape index (κ1) is 15.2. The van der Waals surface area contributed by atoms with Gasteiger partial charge >= 0.3 is 5.97 Å². The molecule has 2 rings (SSSR count). The van der Waals surface area contributed by atoms with E-state index < -0.39 is 27.3 Å². The Kier molecular flexibility index (Phi) is 4.09. The molecule has 0 atom stereocenters. The Balaban J connectivity index is 2.35. The number of phenols is 1. The summed E-state index contributed by atoms with van der Waals surface area (Å²) in [6, 6.07) is 2.99. The van der Waals surface area contributed by atoms with Crippen LogP contribution in [0, 0.1) is 0 Å². The second kappa shape index (κ2) is 5.66. The average molecular weight is 329 g/mol. The summed E-state index contributed by atoms with van der Waals surface area (Å²) in [4.78, 5) is 10.6. The van der Waals surface area contributed by atoms with Crippen molar-refractivity contribution >= 4 is 32.5 Å².